The molecule has 0 unspecified atom stereocenters. The normalized spacial score (nSPS) is 11.8. The maximum absolute atomic E-state index is 11.4. The van der Waals surface area contributed by atoms with Crippen LogP contribution in [0, 0.1) is 0 Å². The van der Waals surface area contributed by atoms with Crippen LogP contribution in [-0.4, -0.2) is 18.4 Å². The zero-order valence-corrected chi connectivity index (χ0v) is 7.97. The minimum Gasteiger partial charge on any atom is -0.451 e. The van der Waals surface area contributed by atoms with E-state index in [9.17, 15) is 9.59 Å². The second kappa shape index (κ2) is 5.17. The van der Waals surface area contributed by atoms with Gasteiger partial charge < -0.3 is 4.74 Å². The topological polar surface area (TPSA) is 43.4 Å². The first-order valence-corrected chi connectivity index (χ1v) is 4.49. The summed E-state index contributed by atoms with van der Waals surface area (Å²) in [5.74, 6) is -0.454. The van der Waals surface area contributed by atoms with E-state index in [0.29, 0.717) is 18.3 Å². The Kier molecular flexibility index (Phi) is 3.85. The number of rotatable bonds is 4. The number of aldehydes is 1. The monoisotopic (exact) mass is 192 g/mol. The number of carbonyl (C=O) groups excluding carboxylic acids is 2. The fraction of sp³-hybridized carbons (Fsp3) is 0.273. The van der Waals surface area contributed by atoms with E-state index in [2.05, 4.69) is 0 Å². The summed E-state index contributed by atoms with van der Waals surface area (Å²) in [6.45, 7) is 1.79. The zero-order chi connectivity index (χ0) is 10.4. The lowest BCUT2D eigenvalue weighted by Gasteiger charge is -2.08. The van der Waals surface area contributed by atoms with Crippen LogP contribution < -0.4 is 0 Å². The summed E-state index contributed by atoms with van der Waals surface area (Å²) < 4.78 is 4.93. The number of hydrogen-bond donors (Lipinski definition) is 0. The molecule has 0 radical (unpaired) electrons. The van der Waals surface area contributed by atoms with Gasteiger partial charge in [0.25, 0.3) is 0 Å². The molecule has 0 bridgehead atoms. The predicted octanol–water partition coefficient (Wildman–Crippen LogP) is 1.82. The Bertz CT molecular complexity index is 306. The second-order valence-corrected chi connectivity index (χ2v) is 2.85. The lowest BCUT2D eigenvalue weighted by atomic mass is 10.2. The molecule has 74 valence electrons. The van der Waals surface area contributed by atoms with Gasteiger partial charge >= 0.3 is 5.97 Å². The molecule has 3 heteroatoms. The maximum atomic E-state index is 11.4. The van der Waals surface area contributed by atoms with Crippen LogP contribution in [0.25, 0.3) is 0 Å². The van der Waals surface area contributed by atoms with Crippen LogP contribution in [0.4, 0.5) is 0 Å². The zero-order valence-electron chi connectivity index (χ0n) is 7.97. The highest BCUT2D eigenvalue weighted by atomic mass is 16.5. The van der Waals surface area contributed by atoms with Crippen LogP contribution in [0.5, 0.6) is 0 Å². The van der Waals surface area contributed by atoms with Gasteiger partial charge in [0.05, 0.1) is 5.56 Å². The van der Waals surface area contributed by atoms with Crippen LogP contribution in [0.3, 0.4) is 0 Å². The van der Waals surface area contributed by atoms with Gasteiger partial charge in [-0.2, -0.15) is 0 Å². The SMILES string of the molecule is CC[C@@H](C=O)OC(=O)c1ccccc1. The standard InChI is InChI=1S/C11H12O3/c1-2-10(8-12)14-11(13)9-6-4-3-5-7-9/h3-8,10H,2H2,1H3/t10-/m0/s1. The van der Waals surface area contributed by atoms with Crippen molar-refractivity contribution in [2.24, 2.45) is 0 Å². The summed E-state index contributed by atoms with van der Waals surface area (Å²) in [6.07, 6.45) is 0.505. The van der Waals surface area contributed by atoms with Gasteiger partial charge in [-0.3, -0.25) is 4.79 Å². The van der Waals surface area contributed by atoms with Gasteiger partial charge in [-0.25, -0.2) is 4.79 Å². The van der Waals surface area contributed by atoms with E-state index in [0.717, 1.165) is 0 Å². The molecule has 0 spiro atoms. The molecule has 0 aliphatic heterocycles. The highest BCUT2D eigenvalue weighted by Gasteiger charge is 2.12. The Morgan fingerprint density at radius 2 is 2.07 bits per heavy atom. The van der Waals surface area contributed by atoms with Crippen molar-refractivity contribution in [1.82, 2.24) is 0 Å². The summed E-state index contributed by atoms with van der Waals surface area (Å²) >= 11 is 0. The molecule has 0 saturated carbocycles. The molecule has 1 aromatic rings. The van der Waals surface area contributed by atoms with Gasteiger partial charge in [0.15, 0.2) is 12.4 Å². The van der Waals surface area contributed by atoms with Crippen molar-refractivity contribution in [3.8, 4) is 0 Å². The van der Waals surface area contributed by atoms with Gasteiger partial charge in [0, 0.05) is 0 Å². The fourth-order valence-electron chi connectivity index (χ4n) is 0.987. The molecule has 1 rings (SSSR count). The molecule has 1 aromatic carbocycles. The second-order valence-electron chi connectivity index (χ2n) is 2.85. The van der Waals surface area contributed by atoms with E-state index in [1.54, 1.807) is 31.2 Å². The average Bonchev–Trinajstić information content (AvgIpc) is 2.26. The Morgan fingerprint density at radius 3 is 2.57 bits per heavy atom. The minimum atomic E-state index is -0.636. The van der Waals surface area contributed by atoms with Crippen molar-refractivity contribution >= 4 is 12.3 Å². The van der Waals surface area contributed by atoms with Crippen LogP contribution in [-0.2, 0) is 9.53 Å². The molecule has 0 saturated heterocycles. The van der Waals surface area contributed by atoms with Crippen molar-refractivity contribution < 1.29 is 14.3 Å². The van der Waals surface area contributed by atoms with Crippen molar-refractivity contribution in [3.05, 3.63) is 35.9 Å². The summed E-state index contributed by atoms with van der Waals surface area (Å²) in [6, 6.07) is 8.62. The predicted molar refractivity (Wildman–Crippen MR) is 52.0 cm³/mol. The van der Waals surface area contributed by atoms with Gasteiger partial charge in [0.1, 0.15) is 0 Å². The maximum Gasteiger partial charge on any atom is 0.338 e. The van der Waals surface area contributed by atoms with Crippen molar-refractivity contribution in [1.29, 1.82) is 0 Å². The van der Waals surface area contributed by atoms with E-state index in [4.69, 9.17) is 4.74 Å². The molecule has 0 aliphatic rings. The molecule has 1 atom stereocenters. The van der Waals surface area contributed by atoms with E-state index in [1.165, 1.54) is 0 Å². The Morgan fingerprint density at radius 1 is 1.43 bits per heavy atom. The summed E-state index contributed by atoms with van der Waals surface area (Å²) in [5, 5.41) is 0. The number of ether oxygens (including phenoxy) is 1. The number of esters is 1. The number of benzene rings is 1. The number of carbonyl (C=O) groups is 2. The summed E-state index contributed by atoms with van der Waals surface area (Å²) in [5.41, 5.74) is 0.466. The van der Waals surface area contributed by atoms with Gasteiger partial charge in [-0.1, -0.05) is 25.1 Å². The molecule has 0 fully saturated rings. The van der Waals surface area contributed by atoms with Crippen LogP contribution >= 0.6 is 0 Å². The molecule has 0 N–H and O–H groups in total. The summed E-state index contributed by atoms with van der Waals surface area (Å²) in [4.78, 5) is 21.8. The fourth-order valence-corrected chi connectivity index (χ4v) is 0.987. The van der Waals surface area contributed by atoms with Gasteiger partial charge in [0.2, 0.25) is 0 Å². The van der Waals surface area contributed by atoms with E-state index in [1.807, 2.05) is 6.07 Å². The van der Waals surface area contributed by atoms with Crippen molar-refractivity contribution in [2.45, 2.75) is 19.4 Å². The van der Waals surface area contributed by atoms with E-state index >= 15 is 0 Å². The van der Waals surface area contributed by atoms with Crippen LogP contribution in [0.15, 0.2) is 30.3 Å². The molecule has 14 heavy (non-hydrogen) atoms. The summed E-state index contributed by atoms with van der Waals surface area (Å²) in [7, 11) is 0. The molecule has 0 amide bonds. The van der Waals surface area contributed by atoms with Crippen LogP contribution in [0.1, 0.15) is 23.7 Å². The number of hydrogen-bond acceptors (Lipinski definition) is 3. The molecule has 0 aliphatic carbocycles. The molecular formula is C11H12O3. The highest BCUT2D eigenvalue weighted by Crippen LogP contribution is 2.04. The lowest BCUT2D eigenvalue weighted by molar-refractivity contribution is -0.115. The molecule has 0 heterocycles. The van der Waals surface area contributed by atoms with Gasteiger partial charge in [-0.05, 0) is 18.6 Å². The third-order valence-corrected chi connectivity index (χ3v) is 1.82. The van der Waals surface area contributed by atoms with E-state index in [-0.39, 0.29) is 0 Å². The lowest BCUT2D eigenvalue weighted by Crippen LogP contribution is -2.18. The third-order valence-electron chi connectivity index (χ3n) is 1.82. The van der Waals surface area contributed by atoms with Crippen LogP contribution in [0.2, 0.25) is 0 Å². The van der Waals surface area contributed by atoms with E-state index < -0.39 is 12.1 Å². The minimum absolute atomic E-state index is 0.454. The van der Waals surface area contributed by atoms with Crippen molar-refractivity contribution in [2.75, 3.05) is 0 Å². The third kappa shape index (κ3) is 2.69. The quantitative estimate of drug-likeness (QED) is 0.540. The molecule has 0 aromatic heterocycles. The molecular weight excluding hydrogens is 180 g/mol. The molecule has 3 nitrogen and oxygen atoms in total. The highest BCUT2D eigenvalue weighted by molar-refractivity contribution is 5.90. The van der Waals surface area contributed by atoms with Crippen molar-refractivity contribution in [3.63, 3.8) is 0 Å². The largest absolute Gasteiger partial charge is 0.451 e. The smallest absolute Gasteiger partial charge is 0.338 e. The Hall–Kier alpha value is -1.64. The van der Waals surface area contributed by atoms with Gasteiger partial charge in [-0.15, -0.1) is 0 Å². The Labute approximate surface area is 82.7 Å². The first kappa shape index (κ1) is 10.4. The average molecular weight is 192 g/mol. The Balaban J connectivity index is 2.63. The first-order chi connectivity index (χ1) is 6.77. The first-order valence-electron chi connectivity index (χ1n) is 4.49.